The Kier molecular flexibility index (Phi) is 5.80. The number of nitrogens with one attached hydrogen (secondary N) is 1. The predicted molar refractivity (Wildman–Crippen MR) is 108 cm³/mol. The Balaban J connectivity index is 1.47. The molecule has 0 bridgehead atoms. The van der Waals surface area contributed by atoms with Crippen molar-refractivity contribution in [2.75, 3.05) is 31.1 Å². The number of cyclic esters (lactones) is 1. The fourth-order valence-corrected chi connectivity index (χ4v) is 3.91. The molecule has 2 heterocycles. The Morgan fingerprint density at radius 3 is 2.72 bits per heavy atom. The molecule has 7 heteroatoms. The molecule has 154 valence electrons. The zero-order chi connectivity index (χ0) is 20.4. The molecule has 0 spiro atoms. The van der Waals surface area contributed by atoms with Crippen LogP contribution in [0.15, 0.2) is 48.5 Å². The largest absolute Gasteiger partial charge is 0.442 e. The van der Waals surface area contributed by atoms with Gasteiger partial charge in [-0.3, -0.25) is 4.90 Å². The standard InChI is InChI=1S/C22H26FN3O3/c1-14(15-5-3-2-4-6-15)21(24)20-13-26(22(27)29-20)16-7-8-17(18(23)11-16)19-12-25-9-10-28-19/h2-8,11,14,19-21,25H,9-10,12-13,24H2,1H3/t14-,19?,20?,21-/m0/s1. The molecular formula is C22H26FN3O3. The second-order valence-corrected chi connectivity index (χ2v) is 7.58. The lowest BCUT2D eigenvalue weighted by Gasteiger charge is -2.25. The number of nitrogens with zero attached hydrogens (tertiary/aromatic N) is 1. The van der Waals surface area contributed by atoms with E-state index < -0.39 is 18.0 Å². The van der Waals surface area contributed by atoms with E-state index in [1.807, 2.05) is 37.3 Å². The molecular weight excluding hydrogens is 373 g/mol. The van der Waals surface area contributed by atoms with Gasteiger partial charge < -0.3 is 20.5 Å². The molecule has 2 fully saturated rings. The second kappa shape index (κ2) is 8.49. The normalized spacial score (nSPS) is 24.2. The molecule has 2 aromatic carbocycles. The van der Waals surface area contributed by atoms with E-state index >= 15 is 0 Å². The van der Waals surface area contributed by atoms with Crippen LogP contribution in [0.3, 0.4) is 0 Å². The van der Waals surface area contributed by atoms with Crippen LogP contribution in [0.1, 0.15) is 30.1 Å². The van der Waals surface area contributed by atoms with Crippen molar-refractivity contribution >= 4 is 11.8 Å². The summed E-state index contributed by atoms with van der Waals surface area (Å²) in [5, 5.41) is 3.19. The van der Waals surface area contributed by atoms with Gasteiger partial charge in [0.15, 0.2) is 0 Å². The lowest BCUT2D eigenvalue weighted by Crippen LogP contribution is -2.41. The van der Waals surface area contributed by atoms with E-state index in [2.05, 4.69) is 5.32 Å². The van der Waals surface area contributed by atoms with Crippen molar-refractivity contribution in [1.29, 1.82) is 0 Å². The SMILES string of the molecule is C[C@@H](c1ccccc1)[C@H](N)C1CN(c2ccc(C3CNCCO3)c(F)c2)C(=O)O1. The van der Waals surface area contributed by atoms with Crippen molar-refractivity contribution in [2.45, 2.75) is 31.1 Å². The number of carbonyl (C=O) groups is 1. The number of nitrogens with two attached hydrogens (primary N) is 1. The van der Waals surface area contributed by atoms with Crippen molar-refractivity contribution < 1.29 is 18.7 Å². The zero-order valence-corrected chi connectivity index (χ0v) is 16.4. The molecule has 6 nitrogen and oxygen atoms in total. The molecule has 0 radical (unpaired) electrons. The molecule has 4 rings (SSSR count). The summed E-state index contributed by atoms with van der Waals surface area (Å²) in [6.45, 7) is 4.18. The molecule has 3 N–H and O–H groups in total. The van der Waals surface area contributed by atoms with Crippen molar-refractivity contribution in [3.8, 4) is 0 Å². The van der Waals surface area contributed by atoms with Crippen LogP contribution in [-0.4, -0.2) is 44.5 Å². The number of rotatable bonds is 5. The minimum absolute atomic E-state index is 0.0176. The Bertz CT molecular complexity index is 858. The first-order chi connectivity index (χ1) is 14.0. The maximum Gasteiger partial charge on any atom is 0.414 e. The molecule has 0 saturated carbocycles. The van der Waals surface area contributed by atoms with E-state index in [1.165, 1.54) is 11.0 Å². The van der Waals surface area contributed by atoms with E-state index in [9.17, 15) is 9.18 Å². The highest BCUT2D eigenvalue weighted by atomic mass is 19.1. The van der Waals surface area contributed by atoms with Crippen LogP contribution >= 0.6 is 0 Å². The highest BCUT2D eigenvalue weighted by Crippen LogP contribution is 2.30. The first-order valence-corrected chi connectivity index (χ1v) is 9.95. The number of anilines is 1. The summed E-state index contributed by atoms with van der Waals surface area (Å²) in [5.74, 6) is -0.376. The van der Waals surface area contributed by atoms with Crippen LogP contribution in [-0.2, 0) is 9.47 Å². The van der Waals surface area contributed by atoms with Gasteiger partial charge in [0.1, 0.15) is 11.9 Å². The third-order valence-electron chi connectivity index (χ3n) is 5.74. The number of amides is 1. The van der Waals surface area contributed by atoms with Crippen molar-refractivity contribution in [3.63, 3.8) is 0 Å². The molecule has 2 aliphatic rings. The molecule has 2 unspecified atom stereocenters. The van der Waals surface area contributed by atoms with Crippen LogP contribution in [0.2, 0.25) is 0 Å². The summed E-state index contributed by atoms with van der Waals surface area (Å²) in [4.78, 5) is 13.9. The summed E-state index contributed by atoms with van der Waals surface area (Å²) >= 11 is 0. The quantitative estimate of drug-likeness (QED) is 0.809. The van der Waals surface area contributed by atoms with Gasteiger partial charge in [-0.15, -0.1) is 0 Å². The monoisotopic (exact) mass is 399 g/mol. The maximum absolute atomic E-state index is 14.7. The van der Waals surface area contributed by atoms with Gasteiger partial charge >= 0.3 is 6.09 Å². The van der Waals surface area contributed by atoms with E-state index in [0.717, 1.165) is 12.1 Å². The number of carbonyl (C=O) groups excluding carboxylic acids is 1. The Morgan fingerprint density at radius 2 is 2.03 bits per heavy atom. The van der Waals surface area contributed by atoms with E-state index in [4.69, 9.17) is 15.2 Å². The minimum Gasteiger partial charge on any atom is -0.442 e. The fourth-order valence-electron chi connectivity index (χ4n) is 3.91. The number of halogens is 1. The van der Waals surface area contributed by atoms with Gasteiger partial charge in [0, 0.05) is 18.7 Å². The summed E-state index contributed by atoms with van der Waals surface area (Å²) in [7, 11) is 0. The van der Waals surface area contributed by atoms with Gasteiger partial charge in [-0.25, -0.2) is 9.18 Å². The number of benzene rings is 2. The van der Waals surface area contributed by atoms with Crippen molar-refractivity contribution in [3.05, 3.63) is 65.5 Å². The third-order valence-corrected chi connectivity index (χ3v) is 5.74. The average molecular weight is 399 g/mol. The van der Waals surface area contributed by atoms with Gasteiger partial charge in [-0.2, -0.15) is 0 Å². The van der Waals surface area contributed by atoms with Crippen LogP contribution in [0.25, 0.3) is 0 Å². The molecule has 0 aliphatic carbocycles. The van der Waals surface area contributed by atoms with Crippen LogP contribution in [0.5, 0.6) is 0 Å². The van der Waals surface area contributed by atoms with E-state index in [1.54, 1.807) is 12.1 Å². The Labute approximate surface area is 169 Å². The minimum atomic E-state index is -0.506. The smallest absolute Gasteiger partial charge is 0.414 e. The Morgan fingerprint density at radius 1 is 1.24 bits per heavy atom. The lowest BCUT2D eigenvalue weighted by atomic mass is 9.90. The molecule has 2 saturated heterocycles. The molecule has 29 heavy (non-hydrogen) atoms. The number of hydrogen-bond donors (Lipinski definition) is 2. The summed E-state index contributed by atoms with van der Waals surface area (Å²) < 4.78 is 25.9. The van der Waals surface area contributed by atoms with Crippen molar-refractivity contribution in [1.82, 2.24) is 5.32 Å². The average Bonchev–Trinajstić information content (AvgIpc) is 3.15. The summed E-state index contributed by atoms with van der Waals surface area (Å²) in [5.41, 5.74) is 8.44. The molecule has 2 aromatic rings. The van der Waals surface area contributed by atoms with Gasteiger partial charge in [0.2, 0.25) is 0 Å². The van der Waals surface area contributed by atoms with Gasteiger partial charge in [0.05, 0.1) is 31.0 Å². The first kappa shape index (κ1) is 19.8. The lowest BCUT2D eigenvalue weighted by molar-refractivity contribution is 0.0255. The molecule has 0 aromatic heterocycles. The highest BCUT2D eigenvalue weighted by Gasteiger charge is 2.38. The number of hydrogen-bond acceptors (Lipinski definition) is 5. The highest BCUT2D eigenvalue weighted by molar-refractivity contribution is 5.89. The topological polar surface area (TPSA) is 76.8 Å². The van der Waals surface area contributed by atoms with E-state index in [-0.39, 0.29) is 24.6 Å². The third kappa shape index (κ3) is 4.12. The number of morpholine rings is 1. The van der Waals surface area contributed by atoms with Gasteiger partial charge in [-0.1, -0.05) is 43.3 Å². The van der Waals surface area contributed by atoms with Crippen molar-refractivity contribution in [2.24, 2.45) is 5.73 Å². The van der Waals surface area contributed by atoms with Crippen LogP contribution < -0.4 is 16.0 Å². The maximum atomic E-state index is 14.7. The second-order valence-electron chi connectivity index (χ2n) is 7.58. The summed E-state index contributed by atoms with van der Waals surface area (Å²) in [6, 6.07) is 14.3. The van der Waals surface area contributed by atoms with Crippen LogP contribution in [0.4, 0.5) is 14.9 Å². The Hall–Kier alpha value is -2.48. The van der Waals surface area contributed by atoms with Gasteiger partial charge in [0.25, 0.3) is 0 Å². The van der Waals surface area contributed by atoms with Gasteiger partial charge in [-0.05, 0) is 23.6 Å². The predicted octanol–water partition coefficient (Wildman–Crippen LogP) is 2.94. The zero-order valence-electron chi connectivity index (χ0n) is 16.4. The van der Waals surface area contributed by atoms with E-state index in [0.29, 0.717) is 24.4 Å². The fraction of sp³-hybridized carbons (Fsp3) is 0.409. The molecule has 1 amide bonds. The summed E-state index contributed by atoms with van der Waals surface area (Å²) in [6.07, 6.45) is -1.30. The first-order valence-electron chi connectivity index (χ1n) is 9.95. The molecule has 4 atom stereocenters. The van der Waals surface area contributed by atoms with Crippen LogP contribution in [0, 0.1) is 5.82 Å². The molecule has 2 aliphatic heterocycles. The number of ether oxygens (including phenoxy) is 2.